The quantitative estimate of drug-likeness (QED) is 0.421. The maximum atomic E-state index is 11.2. The summed E-state index contributed by atoms with van der Waals surface area (Å²) in [6.07, 6.45) is 1.90. The van der Waals surface area contributed by atoms with Gasteiger partial charge in [0.2, 0.25) is 5.88 Å². The van der Waals surface area contributed by atoms with E-state index in [0.29, 0.717) is 30.9 Å². The first-order valence-corrected chi connectivity index (χ1v) is 11.8. The summed E-state index contributed by atoms with van der Waals surface area (Å²) >= 11 is 6.13. The van der Waals surface area contributed by atoms with Crippen molar-refractivity contribution in [1.29, 1.82) is 0 Å². The van der Waals surface area contributed by atoms with Gasteiger partial charge in [-0.1, -0.05) is 23.7 Å². The van der Waals surface area contributed by atoms with Crippen LogP contribution in [0, 0.1) is 0 Å². The number of nitrogens with one attached hydrogen (secondary N) is 1. The number of methoxy groups -OCH3 is 1. The van der Waals surface area contributed by atoms with Crippen LogP contribution in [-0.4, -0.2) is 61.4 Å². The van der Waals surface area contributed by atoms with E-state index in [-0.39, 0.29) is 11.6 Å². The summed E-state index contributed by atoms with van der Waals surface area (Å²) in [5.74, 6) is 0.736. The number of aromatic hydroxyl groups is 1. The summed E-state index contributed by atoms with van der Waals surface area (Å²) in [6.45, 7) is 5.53. The molecular formula is C25H30ClN3O5. The van der Waals surface area contributed by atoms with E-state index < -0.39 is 5.76 Å². The number of benzene rings is 2. The summed E-state index contributed by atoms with van der Waals surface area (Å²) in [4.78, 5) is 18.2. The first-order valence-electron chi connectivity index (χ1n) is 11.5. The SMILES string of the molecule is COc1ccc(CCc2oc(=O)[nH]c2O)cc1OCCCN1CCN(c2cccc(Cl)c2)CC1. The summed E-state index contributed by atoms with van der Waals surface area (Å²) in [5, 5.41) is 10.4. The van der Waals surface area contributed by atoms with E-state index in [9.17, 15) is 9.90 Å². The average Bonchev–Trinajstić information content (AvgIpc) is 3.17. The number of hydrogen-bond donors (Lipinski definition) is 2. The second kappa shape index (κ2) is 11.4. The van der Waals surface area contributed by atoms with Crippen molar-refractivity contribution in [3.05, 3.63) is 69.4 Å². The lowest BCUT2D eigenvalue weighted by Crippen LogP contribution is -2.46. The molecule has 0 amide bonds. The number of nitrogens with zero attached hydrogens (tertiary/aromatic N) is 2. The summed E-state index contributed by atoms with van der Waals surface area (Å²) in [6, 6.07) is 13.8. The fraction of sp³-hybridized carbons (Fsp3) is 0.400. The van der Waals surface area contributed by atoms with E-state index in [1.807, 2.05) is 36.4 Å². The molecule has 0 radical (unpaired) electrons. The van der Waals surface area contributed by atoms with Gasteiger partial charge < -0.3 is 23.9 Å². The summed E-state index contributed by atoms with van der Waals surface area (Å²) in [7, 11) is 1.62. The number of aromatic amines is 1. The maximum absolute atomic E-state index is 11.2. The van der Waals surface area contributed by atoms with Gasteiger partial charge in [-0.2, -0.15) is 0 Å². The van der Waals surface area contributed by atoms with Gasteiger partial charge in [0.15, 0.2) is 17.3 Å². The molecule has 1 aliphatic rings. The van der Waals surface area contributed by atoms with Crippen LogP contribution >= 0.6 is 11.6 Å². The van der Waals surface area contributed by atoms with E-state index >= 15 is 0 Å². The van der Waals surface area contributed by atoms with Gasteiger partial charge in [0.1, 0.15) is 0 Å². The van der Waals surface area contributed by atoms with Crippen LogP contribution in [0.5, 0.6) is 17.4 Å². The Labute approximate surface area is 203 Å². The molecule has 2 aromatic carbocycles. The van der Waals surface area contributed by atoms with Crippen molar-refractivity contribution < 1.29 is 19.0 Å². The highest BCUT2D eigenvalue weighted by molar-refractivity contribution is 6.30. The third-order valence-electron chi connectivity index (χ3n) is 5.99. The number of ether oxygens (including phenoxy) is 2. The van der Waals surface area contributed by atoms with Crippen LogP contribution in [-0.2, 0) is 12.8 Å². The molecule has 182 valence electrons. The summed E-state index contributed by atoms with van der Waals surface area (Å²) in [5.41, 5.74) is 2.17. The second-order valence-electron chi connectivity index (χ2n) is 8.28. The lowest BCUT2D eigenvalue weighted by Gasteiger charge is -2.36. The lowest BCUT2D eigenvalue weighted by molar-refractivity contribution is 0.221. The number of anilines is 1. The van der Waals surface area contributed by atoms with E-state index in [1.165, 1.54) is 5.69 Å². The molecule has 4 rings (SSSR count). The van der Waals surface area contributed by atoms with Crippen LogP contribution < -0.4 is 20.1 Å². The van der Waals surface area contributed by atoms with Crippen molar-refractivity contribution in [2.75, 3.05) is 51.3 Å². The number of aromatic nitrogens is 1. The molecule has 9 heteroatoms. The first-order chi connectivity index (χ1) is 16.5. The first kappa shape index (κ1) is 24.0. The number of halogens is 1. The highest BCUT2D eigenvalue weighted by atomic mass is 35.5. The van der Waals surface area contributed by atoms with Crippen molar-refractivity contribution in [3.8, 4) is 17.4 Å². The molecule has 0 bridgehead atoms. The summed E-state index contributed by atoms with van der Waals surface area (Å²) < 4.78 is 16.4. The van der Waals surface area contributed by atoms with Gasteiger partial charge in [-0.25, -0.2) is 4.79 Å². The molecule has 1 fully saturated rings. The Bertz CT molecular complexity index is 1140. The number of aryl methyl sites for hydroxylation is 2. The highest BCUT2D eigenvalue weighted by Crippen LogP contribution is 2.29. The minimum atomic E-state index is -0.655. The van der Waals surface area contributed by atoms with Crippen molar-refractivity contribution in [2.24, 2.45) is 0 Å². The number of piperazine rings is 1. The van der Waals surface area contributed by atoms with Gasteiger partial charge in [0.05, 0.1) is 13.7 Å². The number of oxazole rings is 1. The molecule has 1 aliphatic heterocycles. The van der Waals surface area contributed by atoms with Crippen LogP contribution in [0.4, 0.5) is 5.69 Å². The Balaban J connectivity index is 1.23. The predicted molar refractivity (Wildman–Crippen MR) is 132 cm³/mol. The molecule has 1 aromatic heterocycles. The maximum Gasteiger partial charge on any atom is 0.419 e. The monoisotopic (exact) mass is 487 g/mol. The Morgan fingerprint density at radius 2 is 1.91 bits per heavy atom. The molecule has 2 N–H and O–H groups in total. The molecular weight excluding hydrogens is 458 g/mol. The van der Waals surface area contributed by atoms with Gasteiger partial charge in [-0.15, -0.1) is 0 Å². The molecule has 0 unspecified atom stereocenters. The van der Waals surface area contributed by atoms with Crippen LogP contribution in [0.3, 0.4) is 0 Å². The Hall–Kier alpha value is -3.10. The van der Waals surface area contributed by atoms with Gasteiger partial charge in [0.25, 0.3) is 0 Å². The smallest absolute Gasteiger partial charge is 0.419 e. The standard InChI is InChI=1S/C25H30ClN3O5/c1-32-21-8-6-18(7-9-22-24(30)27-25(31)34-22)16-23(21)33-15-3-10-28-11-13-29(14-12-28)20-5-2-4-19(26)17-20/h2,4-6,8,16-17,30H,3,7,9-15H2,1H3,(H,27,31). The Morgan fingerprint density at radius 3 is 2.62 bits per heavy atom. The highest BCUT2D eigenvalue weighted by Gasteiger charge is 2.17. The van der Waals surface area contributed by atoms with Crippen LogP contribution in [0.25, 0.3) is 0 Å². The number of H-pyrrole nitrogens is 1. The predicted octanol–water partition coefficient (Wildman–Crippen LogP) is 3.71. The molecule has 1 saturated heterocycles. The zero-order valence-electron chi connectivity index (χ0n) is 19.3. The second-order valence-corrected chi connectivity index (χ2v) is 8.72. The molecule has 2 heterocycles. The minimum Gasteiger partial charge on any atom is -0.493 e. The van der Waals surface area contributed by atoms with Crippen LogP contribution in [0.1, 0.15) is 17.7 Å². The Kier molecular flexibility index (Phi) is 8.03. The zero-order chi connectivity index (χ0) is 23.9. The molecule has 0 aliphatic carbocycles. The van der Waals surface area contributed by atoms with Gasteiger partial charge in [0, 0.05) is 49.9 Å². The molecule has 0 spiro atoms. The van der Waals surface area contributed by atoms with E-state index in [0.717, 1.165) is 49.7 Å². The fourth-order valence-electron chi connectivity index (χ4n) is 4.14. The third kappa shape index (κ3) is 6.27. The topological polar surface area (TPSA) is 91.2 Å². The van der Waals surface area contributed by atoms with E-state index in [1.54, 1.807) is 7.11 Å². The van der Waals surface area contributed by atoms with Crippen molar-refractivity contribution >= 4 is 17.3 Å². The minimum absolute atomic E-state index is 0.219. The van der Waals surface area contributed by atoms with E-state index in [4.69, 9.17) is 25.5 Å². The van der Waals surface area contributed by atoms with Gasteiger partial charge >= 0.3 is 5.76 Å². The molecule has 8 nitrogen and oxygen atoms in total. The fourth-order valence-corrected chi connectivity index (χ4v) is 4.33. The number of hydrogen-bond acceptors (Lipinski definition) is 7. The van der Waals surface area contributed by atoms with Crippen molar-refractivity contribution in [1.82, 2.24) is 9.88 Å². The zero-order valence-corrected chi connectivity index (χ0v) is 20.0. The van der Waals surface area contributed by atoms with Crippen molar-refractivity contribution in [2.45, 2.75) is 19.3 Å². The molecule has 3 aromatic rings. The third-order valence-corrected chi connectivity index (χ3v) is 6.23. The average molecular weight is 488 g/mol. The molecule has 0 saturated carbocycles. The van der Waals surface area contributed by atoms with Crippen molar-refractivity contribution in [3.63, 3.8) is 0 Å². The van der Waals surface area contributed by atoms with Gasteiger partial charge in [-0.05, 0) is 48.7 Å². The van der Waals surface area contributed by atoms with Crippen LogP contribution in [0.2, 0.25) is 5.02 Å². The van der Waals surface area contributed by atoms with E-state index in [2.05, 4.69) is 20.9 Å². The normalized spacial score (nSPS) is 14.4. The van der Waals surface area contributed by atoms with Crippen LogP contribution in [0.15, 0.2) is 51.7 Å². The Morgan fingerprint density at radius 1 is 1.09 bits per heavy atom. The van der Waals surface area contributed by atoms with Gasteiger partial charge in [-0.3, -0.25) is 9.88 Å². The lowest BCUT2D eigenvalue weighted by atomic mass is 10.1. The molecule has 0 atom stereocenters. The largest absolute Gasteiger partial charge is 0.493 e. The molecule has 34 heavy (non-hydrogen) atoms. The number of rotatable bonds is 10.